The molecule has 0 radical (unpaired) electrons. The molecule has 1 amide bonds. The van der Waals surface area contributed by atoms with Crippen molar-refractivity contribution in [2.45, 2.75) is 13.5 Å². The SMILES string of the molecule is Cc1cc(CNC(=O)c2cc(C(=O)O)ncn2)ccc1P. The van der Waals surface area contributed by atoms with Crippen LogP contribution in [0, 0.1) is 6.92 Å². The predicted octanol–water partition coefficient (Wildman–Crippen LogP) is 0.914. The van der Waals surface area contributed by atoms with Gasteiger partial charge in [-0.25, -0.2) is 14.8 Å². The molecule has 0 bridgehead atoms. The summed E-state index contributed by atoms with van der Waals surface area (Å²) in [6.45, 7) is 2.33. The normalized spacial score (nSPS) is 10.2. The fourth-order valence-corrected chi connectivity index (χ4v) is 1.90. The van der Waals surface area contributed by atoms with Crippen molar-refractivity contribution in [1.82, 2.24) is 15.3 Å². The van der Waals surface area contributed by atoms with Crippen LogP contribution in [0.1, 0.15) is 32.1 Å². The number of hydrogen-bond donors (Lipinski definition) is 2. The van der Waals surface area contributed by atoms with Gasteiger partial charge in [-0.1, -0.05) is 18.2 Å². The van der Waals surface area contributed by atoms with Crippen LogP contribution in [-0.4, -0.2) is 27.0 Å². The van der Waals surface area contributed by atoms with Crippen LogP contribution in [0.15, 0.2) is 30.6 Å². The highest BCUT2D eigenvalue weighted by atomic mass is 31.0. The minimum absolute atomic E-state index is 0.0294. The van der Waals surface area contributed by atoms with E-state index in [2.05, 4.69) is 24.5 Å². The molecule has 1 unspecified atom stereocenters. The Morgan fingerprint density at radius 1 is 1.24 bits per heavy atom. The highest BCUT2D eigenvalue weighted by Gasteiger charge is 2.12. The highest BCUT2D eigenvalue weighted by Crippen LogP contribution is 2.05. The van der Waals surface area contributed by atoms with Crippen molar-refractivity contribution in [3.05, 3.63) is 53.1 Å². The average molecular weight is 303 g/mol. The summed E-state index contributed by atoms with van der Waals surface area (Å²) in [5.74, 6) is -1.63. The number of aromatic carboxylic acids is 1. The first-order valence-corrected chi connectivity index (χ1v) is 6.73. The topological polar surface area (TPSA) is 92.2 Å². The number of nitrogens with zero attached hydrogens (tertiary/aromatic N) is 2. The molecule has 0 aliphatic rings. The molecule has 21 heavy (non-hydrogen) atoms. The minimum atomic E-state index is -1.20. The Labute approximate surface area is 123 Å². The molecule has 0 saturated carbocycles. The van der Waals surface area contributed by atoms with Crippen LogP contribution >= 0.6 is 9.24 Å². The number of carboxylic acid groups (broad SMARTS) is 1. The van der Waals surface area contributed by atoms with E-state index >= 15 is 0 Å². The van der Waals surface area contributed by atoms with E-state index in [9.17, 15) is 9.59 Å². The molecule has 0 aliphatic heterocycles. The van der Waals surface area contributed by atoms with E-state index in [0.29, 0.717) is 6.54 Å². The first kappa shape index (κ1) is 15.1. The minimum Gasteiger partial charge on any atom is -0.477 e. The van der Waals surface area contributed by atoms with E-state index in [0.717, 1.165) is 28.8 Å². The maximum atomic E-state index is 11.9. The van der Waals surface area contributed by atoms with Gasteiger partial charge in [0.05, 0.1) is 0 Å². The predicted molar refractivity (Wildman–Crippen MR) is 80.7 cm³/mol. The number of carboxylic acids is 1. The van der Waals surface area contributed by atoms with Gasteiger partial charge in [-0.15, -0.1) is 9.24 Å². The van der Waals surface area contributed by atoms with Gasteiger partial charge >= 0.3 is 5.97 Å². The molecule has 0 spiro atoms. The van der Waals surface area contributed by atoms with E-state index in [4.69, 9.17) is 5.11 Å². The quantitative estimate of drug-likeness (QED) is 0.819. The van der Waals surface area contributed by atoms with Crippen LogP contribution in [0.25, 0.3) is 0 Å². The molecule has 1 atom stereocenters. The zero-order chi connectivity index (χ0) is 15.4. The summed E-state index contributed by atoms with van der Waals surface area (Å²) >= 11 is 0. The Hall–Kier alpha value is -2.33. The maximum absolute atomic E-state index is 11.9. The molecule has 1 aromatic heterocycles. The van der Waals surface area contributed by atoms with Crippen molar-refractivity contribution in [3.8, 4) is 0 Å². The first-order chi connectivity index (χ1) is 9.97. The molecule has 0 saturated heterocycles. The number of aromatic nitrogens is 2. The van der Waals surface area contributed by atoms with E-state index in [-0.39, 0.29) is 11.4 Å². The average Bonchev–Trinajstić information content (AvgIpc) is 2.48. The zero-order valence-electron chi connectivity index (χ0n) is 11.3. The van der Waals surface area contributed by atoms with Gasteiger partial charge in [-0.2, -0.15) is 0 Å². The van der Waals surface area contributed by atoms with Gasteiger partial charge in [-0.05, 0) is 23.4 Å². The van der Waals surface area contributed by atoms with Crippen molar-refractivity contribution in [3.63, 3.8) is 0 Å². The third kappa shape index (κ3) is 3.83. The van der Waals surface area contributed by atoms with Gasteiger partial charge in [0.25, 0.3) is 5.91 Å². The number of benzene rings is 1. The lowest BCUT2D eigenvalue weighted by Gasteiger charge is -2.07. The monoisotopic (exact) mass is 303 g/mol. The van der Waals surface area contributed by atoms with Crippen molar-refractivity contribution in [2.24, 2.45) is 0 Å². The van der Waals surface area contributed by atoms with Crippen LogP contribution in [0.4, 0.5) is 0 Å². The van der Waals surface area contributed by atoms with Crippen LogP contribution in [0.3, 0.4) is 0 Å². The van der Waals surface area contributed by atoms with Crippen LogP contribution in [0.5, 0.6) is 0 Å². The molecule has 7 heteroatoms. The number of rotatable bonds is 4. The lowest BCUT2D eigenvalue weighted by atomic mass is 10.1. The second kappa shape index (κ2) is 6.41. The Bertz CT molecular complexity index is 704. The molecule has 2 N–H and O–H groups in total. The van der Waals surface area contributed by atoms with Crippen molar-refractivity contribution < 1.29 is 14.7 Å². The molecule has 1 heterocycles. The Kier molecular flexibility index (Phi) is 4.60. The highest BCUT2D eigenvalue weighted by molar-refractivity contribution is 7.27. The summed E-state index contributed by atoms with van der Waals surface area (Å²) in [5, 5.41) is 12.6. The van der Waals surface area contributed by atoms with E-state index in [1.165, 1.54) is 0 Å². The summed E-state index contributed by atoms with van der Waals surface area (Å²) in [7, 11) is 2.64. The number of aryl methyl sites for hydroxylation is 1. The Morgan fingerprint density at radius 3 is 2.62 bits per heavy atom. The van der Waals surface area contributed by atoms with Gasteiger partial charge in [0, 0.05) is 12.6 Å². The van der Waals surface area contributed by atoms with Gasteiger partial charge in [0.1, 0.15) is 12.0 Å². The summed E-state index contributed by atoms with van der Waals surface area (Å²) in [6.07, 6.45) is 1.06. The zero-order valence-corrected chi connectivity index (χ0v) is 12.5. The molecule has 0 aliphatic carbocycles. The largest absolute Gasteiger partial charge is 0.477 e. The maximum Gasteiger partial charge on any atom is 0.354 e. The number of carbonyl (C=O) groups is 2. The fraction of sp³-hybridized carbons (Fsp3) is 0.143. The standard InChI is InChI=1S/C14H14N3O3P/c1-8-4-9(2-3-12(8)21)6-15-13(18)10-5-11(14(19)20)17-7-16-10/h2-5,7H,6,21H2,1H3,(H,15,18)(H,19,20). The molecule has 0 fully saturated rings. The lowest BCUT2D eigenvalue weighted by molar-refractivity contribution is 0.0690. The van der Waals surface area contributed by atoms with Crippen molar-refractivity contribution in [2.75, 3.05) is 0 Å². The summed E-state index contributed by atoms with van der Waals surface area (Å²) in [5.41, 5.74) is 1.89. The van der Waals surface area contributed by atoms with Crippen LogP contribution in [-0.2, 0) is 6.54 Å². The lowest BCUT2D eigenvalue weighted by Crippen LogP contribution is -2.24. The molecule has 2 aromatic rings. The van der Waals surface area contributed by atoms with Crippen molar-refractivity contribution >= 4 is 26.4 Å². The van der Waals surface area contributed by atoms with Crippen molar-refractivity contribution in [1.29, 1.82) is 0 Å². The molecule has 108 valence electrons. The van der Waals surface area contributed by atoms with Crippen LogP contribution < -0.4 is 10.6 Å². The van der Waals surface area contributed by atoms with Gasteiger partial charge in [-0.3, -0.25) is 4.79 Å². The van der Waals surface area contributed by atoms with E-state index in [1.807, 2.05) is 25.1 Å². The number of carbonyl (C=O) groups excluding carboxylic acids is 1. The van der Waals surface area contributed by atoms with E-state index in [1.54, 1.807) is 0 Å². The smallest absolute Gasteiger partial charge is 0.354 e. The second-order valence-corrected chi connectivity index (χ2v) is 5.09. The summed E-state index contributed by atoms with van der Waals surface area (Å²) < 4.78 is 0. The van der Waals surface area contributed by atoms with Gasteiger partial charge < -0.3 is 10.4 Å². The summed E-state index contributed by atoms with van der Waals surface area (Å²) in [6, 6.07) is 6.99. The van der Waals surface area contributed by atoms with E-state index < -0.39 is 11.9 Å². The van der Waals surface area contributed by atoms with Gasteiger partial charge in [0.2, 0.25) is 0 Å². The molecular weight excluding hydrogens is 289 g/mol. The van der Waals surface area contributed by atoms with Gasteiger partial charge in [0.15, 0.2) is 5.69 Å². The second-order valence-electron chi connectivity index (χ2n) is 4.47. The molecule has 6 nitrogen and oxygen atoms in total. The number of hydrogen-bond acceptors (Lipinski definition) is 4. The molecule has 1 aromatic carbocycles. The Morgan fingerprint density at radius 2 is 1.95 bits per heavy atom. The first-order valence-electron chi connectivity index (χ1n) is 6.16. The molecular formula is C14H14N3O3P. The number of nitrogens with one attached hydrogen (secondary N) is 1. The Balaban J connectivity index is 2.06. The number of amides is 1. The van der Waals surface area contributed by atoms with Crippen LogP contribution in [0.2, 0.25) is 0 Å². The third-order valence-electron chi connectivity index (χ3n) is 2.91. The fourth-order valence-electron chi connectivity index (χ4n) is 1.72. The summed E-state index contributed by atoms with van der Waals surface area (Å²) in [4.78, 5) is 30.1. The third-order valence-corrected chi connectivity index (χ3v) is 3.55. The molecule has 2 rings (SSSR count).